The highest BCUT2D eigenvalue weighted by atomic mass is 16.7. The van der Waals surface area contributed by atoms with Gasteiger partial charge in [-0.1, -0.05) is 54.6 Å². The molecule has 2 aromatic heterocycles. The van der Waals surface area contributed by atoms with Crippen LogP contribution in [-0.2, 0) is 35.5 Å². The summed E-state index contributed by atoms with van der Waals surface area (Å²) < 4.78 is 30.2. The van der Waals surface area contributed by atoms with Crippen LogP contribution in [0.3, 0.4) is 0 Å². The fourth-order valence-corrected chi connectivity index (χ4v) is 10.3. The van der Waals surface area contributed by atoms with Crippen LogP contribution >= 0.6 is 0 Å². The predicted molar refractivity (Wildman–Crippen MR) is 279 cm³/mol. The number of hydrogen-bond donors (Lipinski definition) is 6. The molecule has 368 valence electrons. The van der Waals surface area contributed by atoms with Crippen LogP contribution in [0.4, 0.5) is 0 Å². The fourth-order valence-electron chi connectivity index (χ4n) is 10.3. The maximum atomic E-state index is 12.9. The molecule has 6 heterocycles. The van der Waals surface area contributed by atoms with E-state index in [1.54, 1.807) is 7.11 Å². The Hall–Kier alpha value is -7.42. The van der Waals surface area contributed by atoms with Crippen LogP contribution in [0.5, 0.6) is 17.2 Å². The van der Waals surface area contributed by atoms with Gasteiger partial charge in [0.2, 0.25) is 11.6 Å². The van der Waals surface area contributed by atoms with Crippen molar-refractivity contribution < 1.29 is 33.3 Å². The van der Waals surface area contributed by atoms with Crippen molar-refractivity contribution in [2.24, 2.45) is 0 Å². The highest BCUT2D eigenvalue weighted by Crippen LogP contribution is 2.40. The van der Waals surface area contributed by atoms with Gasteiger partial charge in [0.1, 0.15) is 17.2 Å². The van der Waals surface area contributed by atoms with Gasteiger partial charge >= 0.3 is 0 Å². The van der Waals surface area contributed by atoms with Crippen LogP contribution in [-0.4, -0.2) is 79.7 Å². The summed E-state index contributed by atoms with van der Waals surface area (Å²) in [5.74, 6) is 1.46. The summed E-state index contributed by atoms with van der Waals surface area (Å²) >= 11 is 0. The Bertz CT molecular complexity index is 3240. The summed E-state index contributed by atoms with van der Waals surface area (Å²) in [6, 6.07) is 42.1. The first-order valence-corrected chi connectivity index (χ1v) is 25.1. The van der Waals surface area contributed by atoms with Crippen LogP contribution < -0.4 is 35.5 Å². The number of aromatic amines is 2. The largest absolute Gasteiger partial charge is 0.497 e. The number of rotatable bonds is 11. The Kier molecular flexibility index (Phi) is 13.5. The average Bonchev–Trinajstić information content (AvgIpc) is 4.04. The molecule has 8 aromatic rings. The van der Waals surface area contributed by atoms with Crippen LogP contribution in [0, 0.1) is 0 Å². The number of methoxy groups -OCH3 is 1. The zero-order valence-electron chi connectivity index (χ0n) is 40.5. The Morgan fingerprint density at radius 3 is 1.58 bits per heavy atom. The second kappa shape index (κ2) is 20.7. The number of hydrogen-bond acceptors (Lipinski definition) is 9. The van der Waals surface area contributed by atoms with E-state index in [4.69, 9.17) is 23.7 Å². The Morgan fingerprint density at radius 1 is 0.542 bits per heavy atom. The number of fused-ring (bicyclic) bond motifs is 4. The molecule has 13 nitrogen and oxygen atoms in total. The highest BCUT2D eigenvalue weighted by molar-refractivity contribution is 5.96. The van der Waals surface area contributed by atoms with Crippen molar-refractivity contribution in [2.75, 3.05) is 46.4 Å². The zero-order chi connectivity index (χ0) is 48.9. The number of carbonyl (C=O) groups excluding carboxylic acids is 2. The molecule has 4 aliphatic heterocycles. The first-order valence-electron chi connectivity index (χ1n) is 25.1. The van der Waals surface area contributed by atoms with E-state index in [0.29, 0.717) is 37.4 Å². The molecular weight excluding hydrogens is 905 g/mol. The van der Waals surface area contributed by atoms with Gasteiger partial charge in [0.25, 0.3) is 11.8 Å². The van der Waals surface area contributed by atoms with Gasteiger partial charge in [-0.3, -0.25) is 9.59 Å². The van der Waals surface area contributed by atoms with Gasteiger partial charge in [0, 0.05) is 127 Å². The number of amides is 2. The maximum Gasteiger partial charge on any atom is 0.251 e. The molecule has 0 radical (unpaired) electrons. The third-order valence-electron chi connectivity index (χ3n) is 14.4. The van der Waals surface area contributed by atoms with Crippen molar-refractivity contribution >= 4 is 33.6 Å². The number of benzene rings is 6. The van der Waals surface area contributed by atoms with Gasteiger partial charge in [0.15, 0.2) is 0 Å². The lowest BCUT2D eigenvalue weighted by molar-refractivity contribution is -0.219. The van der Waals surface area contributed by atoms with E-state index in [1.807, 2.05) is 103 Å². The summed E-state index contributed by atoms with van der Waals surface area (Å²) in [5, 5.41) is 15.2. The molecule has 4 aliphatic rings. The number of carbonyl (C=O) groups is 2. The smallest absolute Gasteiger partial charge is 0.251 e. The third kappa shape index (κ3) is 10.2. The molecule has 0 aliphatic carbocycles. The quantitative estimate of drug-likeness (QED) is 0.0742. The Balaban J connectivity index is 0.000000156. The van der Waals surface area contributed by atoms with E-state index < -0.39 is 11.6 Å². The maximum absolute atomic E-state index is 12.9. The van der Waals surface area contributed by atoms with Gasteiger partial charge in [0.05, 0.1) is 20.3 Å². The zero-order valence-corrected chi connectivity index (χ0v) is 40.5. The number of aromatic nitrogens is 2. The number of para-hydroxylation sites is 1. The Labute approximate surface area is 419 Å². The molecule has 2 fully saturated rings. The number of piperidine rings is 2. The second-order valence-electron chi connectivity index (χ2n) is 19.0. The molecule has 13 heteroatoms. The van der Waals surface area contributed by atoms with Crippen molar-refractivity contribution in [2.45, 2.75) is 63.3 Å². The van der Waals surface area contributed by atoms with Crippen molar-refractivity contribution in [3.63, 3.8) is 0 Å². The lowest BCUT2D eigenvalue weighted by Gasteiger charge is -2.41. The van der Waals surface area contributed by atoms with E-state index in [0.717, 1.165) is 137 Å². The molecule has 0 unspecified atom stereocenters. The molecule has 6 aromatic carbocycles. The minimum Gasteiger partial charge on any atom is -0.497 e. The molecule has 2 amide bonds. The van der Waals surface area contributed by atoms with Crippen LogP contribution in [0.1, 0.15) is 68.7 Å². The van der Waals surface area contributed by atoms with Crippen molar-refractivity contribution in [1.82, 2.24) is 31.2 Å². The molecule has 2 spiro atoms. The van der Waals surface area contributed by atoms with E-state index in [-0.39, 0.29) is 11.8 Å². The SMILES string of the molecule is COc1ccc2c(CCNC(=O)c3cccc(-c4ccc5c(c4)COC4(CCNCC4)O5)c3)c[nH]c2c1.O=C(NCCc1c[nH]c2ccccc12)c1cccc(-c2ccc3c(c2)COC2(CCNCC2)O3)c1. The second-order valence-corrected chi connectivity index (χ2v) is 19.0. The van der Waals surface area contributed by atoms with Crippen LogP contribution in [0.15, 0.2) is 140 Å². The summed E-state index contributed by atoms with van der Waals surface area (Å²) in [6.45, 7) is 5.82. The molecule has 0 atom stereocenters. The predicted octanol–water partition coefficient (Wildman–Crippen LogP) is 9.60. The molecule has 0 bridgehead atoms. The first kappa shape index (κ1) is 46.9. The van der Waals surface area contributed by atoms with Crippen LogP contribution in [0.2, 0.25) is 0 Å². The average molecular weight is 965 g/mol. The summed E-state index contributed by atoms with van der Waals surface area (Å²) in [7, 11) is 1.66. The van der Waals surface area contributed by atoms with Crippen LogP contribution in [0.25, 0.3) is 44.1 Å². The van der Waals surface area contributed by atoms with Gasteiger partial charge < -0.3 is 54.9 Å². The van der Waals surface area contributed by atoms with Gasteiger partial charge in [-0.2, -0.15) is 0 Å². The van der Waals surface area contributed by atoms with Crippen molar-refractivity contribution in [3.05, 3.63) is 173 Å². The third-order valence-corrected chi connectivity index (χ3v) is 14.4. The highest BCUT2D eigenvalue weighted by Gasteiger charge is 2.40. The molecule has 6 N–H and O–H groups in total. The molecule has 72 heavy (non-hydrogen) atoms. The lowest BCUT2D eigenvalue weighted by Crippen LogP contribution is -2.49. The van der Waals surface area contributed by atoms with E-state index in [9.17, 15) is 9.59 Å². The van der Waals surface area contributed by atoms with Gasteiger partial charge in [-0.25, -0.2) is 0 Å². The normalized spacial score (nSPS) is 16.4. The van der Waals surface area contributed by atoms with E-state index in [2.05, 4.69) is 67.6 Å². The summed E-state index contributed by atoms with van der Waals surface area (Å²) in [6.07, 6.45) is 8.93. The standard InChI is InChI=1S/C30H31N3O4.C29H29N3O3/c1-35-25-6-7-26-23(18-33-27(26)17-25)9-12-32-29(34)22-4-2-3-20(15-22)21-5-8-28-24(16-21)19-36-30(37-28)10-13-31-14-11-30;33-28(31-13-10-23-18-32-26-7-2-1-6-25(23)26)22-5-3-4-20(16-22)21-8-9-27-24(17-21)19-34-29(35-27)11-14-30-15-12-29/h2-8,15-18,31,33H,9-14,19H2,1H3,(H,32,34);1-9,16-18,30,32H,10-15,19H2,(H,31,33). The van der Waals surface area contributed by atoms with Crippen molar-refractivity contribution in [1.29, 1.82) is 0 Å². The summed E-state index contributed by atoms with van der Waals surface area (Å²) in [4.78, 5) is 32.4. The Morgan fingerprint density at radius 2 is 1.04 bits per heavy atom. The van der Waals surface area contributed by atoms with Crippen molar-refractivity contribution in [3.8, 4) is 39.5 Å². The van der Waals surface area contributed by atoms with E-state index in [1.165, 1.54) is 10.9 Å². The number of ether oxygens (including phenoxy) is 5. The van der Waals surface area contributed by atoms with E-state index >= 15 is 0 Å². The molecule has 0 saturated carbocycles. The topological polar surface area (TPSA) is 160 Å². The van der Waals surface area contributed by atoms with Gasteiger partial charge in [-0.15, -0.1) is 0 Å². The number of H-pyrrole nitrogens is 2. The monoisotopic (exact) mass is 964 g/mol. The van der Waals surface area contributed by atoms with Gasteiger partial charge in [-0.05, 0) is 113 Å². The minimum absolute atomic E-state index is 0.0656. The minimum atomic E-state index is -0.503. The number of nitrogens with one attached hydrogen (secondary N) is 6. The molecule has 2 saturated heterocycles. The molecular formula is C59H60N6O7. The molecule has 12 rings (SSSR count). The first-order chi connectivity index (χ1) is 35.3. The lowest BCUT2D eigenvalue weighted by atomic mass is 9.98. The fraction of sp³-hybridized carbons (Fsp3) is 0.288. The summed E-state index contributed by atoms with van der Waals surface area (Å²) in [5.41, 5.74) is 12.0.